The van der Waals surface area contributed by atoms with E-state index in [1.54, 1.807) is 6.07 Å². The molecule has 9 nitrogen and oxygen atoms in total. The van der Waals surface area contributed by atoms with E-state index in [0.29, 0.717) is 36.1 Å². The predicted molar refractivity (Wildman–Crippen MR) is 143 cm³/mol. The van der Waals surface area contributed by atoms with E-state index in [1.165, 1.54) is 7.11 Å². The molecule has 2 heterocycles. The molecule has 2 aromatic carbocycles. The van der Waals surface area contributed by atoms with Gasteiger partial charge in [0.05, 0.1) is 31.7 Å². The summed E-state index contributed by atoms with van der Waals surface area (Å²) in [5.41, 5.74) is 6.58. The molecule has 0 aromatic heterocycles. The number of hydrogen-bond acceptors (Lipinski definition) is 9. The highest BCUT2D eigenvalue weighted by Gasteiger charge is 2.20. The molecule has 0 aliphatic carbocycles. The van der Waals surface area contributed by atoms with Gasteiger partial charge < -0.3 is 14.7 Å². The Kier molecular flexibility index (Phi) is 9.18. The number of carbonyl (C=O) groups is 1. The van der Waals surface area contributed by atoms with Crippen molar-refractivity contribution in [2.45, 2.75) is 6.42 Å². The number of β-amino-alcohol motifs (C(OH)–C–C–N with tert-alkyl or cyclic N) is 1. The topological polar surface area (TPSA) is 102 Å². The molecule has 0 atom stereocenters. The Bertz CT molecular complexity index is 1140. The molecular formula is C26H31ClN6O3. The summed E-state index contributed by atoms with van der Waals surface area (Å²) in [5, 5.41) is 14.1. The van der Waals surface area contributed by atoms with Gasteiger partial charge in [0, 0.05) is 61.8 Å². The lowest BCUT2D eigenvalue weighted by atomic mass is 10.0. The van der Waals surface area contributed by atoms with Crippen molar-refractivity contribution in [1.82, 2.24) is 15.2 Å². The number of aliphatic imine (C=N–C) groups is 2. The molecule has 2 aliphatic rings. The molecular weight excluding hydrogens is 480 g/mol. The maximum atomic E-state index is 12.4. The fraction of sp³-hybridized carbons (Fsp3) is 0.385. The number of fused-ring (bicyclic) bond motifs is 1. The zero-order chi connectivity index (χ0) is 25.3. The number of rotatable bonds is 8. The molecule has 0 bridgehead atoms. The van der Waals surface area contributed by atoms with Crippen LogP contribution in [0.1, 0.15) is 17.5 Å². The number of aliphatic hydroxyl groups excluding tert-OH is 1. The van der Waals surface area contributed by atoms with Crippen LogP contribution in [0.2, 0.25) is 5.02 Å². The largest absolute Gasteiger partial charge is 0.464 e. The number of ether oxygens (including phenoxy) is 1. The van der Waals surface area contributed by atoms with Crippen LogP contribution in [0.5, 0.6) is 0 Å². The molecule has 190 valence electrons. The zero-order valence-electron chi connectivity index (χ0n) is 20.4. The van der Waals surface area contributed by atoms with Crippen LogP contribution < -0.4 is 5.43 Å². The van der Waals surface area contributed by atoms with Crippen LogP contribution >= 0.6 is 11.6 Å². The van der Waals surface area contributed by atoms with E-state index < -0.39 is 5.97 Å². The van der Waals surface area contributed by atoms with E-state index >= 15 is 0 Å². The Labute approximate surface area is 216 Å². The van der Waals surface area contributed by atoms with Gasteiger partial charge in [0.1, 0.15) is 11.5 Å². The van der Waals surface area contributed by atoms with Crippen LogP contribution in [0.3, 0.4) is 0 Å². The molecule has 1 saturated heterocycles. The Morgan fingerprint density at radius 3 is 2.53 bits per heavy atom. The molecule has 0 spiro atoms. The van der Waals surface area contributed by atoms with Crippen molar-refractivity contribution < 1.29 is 14.6 Å². The Balaban J connectivity index is 1.48. The highest BCUT2D eigenvalue weighted by molar-refractivity contribution is 6.36. The Morgan fingerprint density at radius 1 is 1.11 bits per heavy atom. The molecule has 0 amide bonds. The minimum atomic E-state index is -0.476. The molecule has 1 fully saturated rings. The van der Waals surface area contributed by atoms with Crippen LogP contribution in [0, 0.1) is 0 Å². The minimum absolute atomic E-state index is 0.170. The van der Waals surface area contributed by atoms with Gasteiger partial charge in [-0.3, -0.25) is 15.3 Å². The van der Waals surface area contributed by atoms with Crippen LogP contribution in [0.4, 0.5) is 5.69 Å². The second-order valence-electron chi connectivity index (χ2n) is 8.57. The second-order valence-corrected chi connectivity index (χ2v) is 9.01. The lowest BCUT2D eigenvalue weighted by molar-refractivity contribution is -0.132. The quantitative estimate of drug-likeness (QED) is 0.321. The van der Waals surface area contributed by atoms with Crippen LogP contribution in [-0.4, -0.2) is 97.7 Å². The molecule has 2 N–H and O–H groups in total. The summed E-state index contributed by atoms with van der Waals surface area (Å²) in [5.74, 6) is 0.0415. The van der Waals surface area contributed by atoms with Crippen molar-refractivity contribution in [3.8, 4) is 0 Å². The summed E-state index contributed by atoms with van der Waals surface area (Å²) >= 11 is 6.29. The number of piperazine rings is 1. The summed E-state index contributed by atoms with van der Waals surface area (Å²) in [6, 6.07) is 15.4. The number of hydrazone groups is 1. The van der Waals surface area contributed by atoms with Gasteiger partial charge >= 0.3 is 5.97 Å². The number of methoxy groups -OCH3 is 1. The molecule has 2 aromatic rings. The number of carbonyl (C=O) groups excluding carboxylic acids is 1. The SMILES string of the molecule is COC(=O)/C(CCN1CCN(CCO)CC1)=N\NC1=Nc2ccc(Cl)cc2C(c2ccccc2)=NC1. The van der Waals surface area contributed by atoms with Gasteiger partial charge in [0.25, 0.3) is 0 Å². The average Bonchev–Trinajstić information content (AvgIpc) is 3.09. The van der Waals surface area contributed by atoms with E-state index in [-0.39, 0.29) is 13.2 Å². The molecule has 0 unspecified atom stereocenters. The number of esters is 1. The number of hydrogen-bond donors (Lipinski definition) is 2. The first-order valence-corrected chi connectivity index (χ1v) is 12.4. The van der Waals surface area contributed by atoms with Gasteiger partial charge in [0.15, 0.2) is 0 Å². The van der Waals surface area contributed by atoms with Crippen molar-refractivity contribution in [2.75, 3.05) is 59.5 Å². The van der Waals surface area contributed by atoms with Crippen molar-refractivity contribution >= 4 is 40.5 Å². The fourth-order valence-corrected chi connectivity index (χ4v) is 4.39. The van der Waals surface area contributed by atoms with E-state index in [4.69, 9.17) is 31.4 Å². The molecule has 10 heteroatoms. The van der Waals surface area contributed by atoms with E-state index in [0.717, 1.165) is 48.7 Å². The third kappa shape index (κ3) is 6.76. The van der Waals surface area contributed by atoms with Crippen molar-refractivity contribution in [3.05, 3.63) is 64.7 Å². The molecule has 36 heavy (non-hydrogen) atoms. The number of benzene rings is 2. The van der Waals surface area contributed by atoms with Gasteiger partial charge in [-0.25, -0.2) is 9.79 Å². The predicted octanol–water partition coefficient (Wildman–Crippen LogP) is 2.34. The van der Waals surface area contributed by atoms with E-state index in [1.807, 2.05) is 42.5 Å². The van der Waals surface area contributed by atoms with Gasteiger partial charge in [0.2, 0.25) is 0 Å². The van der Waals surface area contributed by atoms with E-state index in [9.17, 15) is 4.79 Å². The lowest BCUT2D eigenvalue weighted by Gasteiger charge is -2.34. The summed E-state index contributed by atoms with van der Waals surface area (Å²) in [4.78, 5) is 26.4. The number of aliphatic hydroxyl groups is 1. The van der Waals surface area contributed by atoms with Crippen molar-refractivity contribution in [1.29, 1.82) is 0 Å². The standard InChI is InChI=1S/C26H31ClN6O3/c1-36-26(35)23(9-10-32-11-13-33(14-12-32)15-16-34)30-31-24-18-28-25(19-5-3-2-4-6-19)21-17-20(27)7-8-22(21)29-24/h2-8,17,34H,9-16,18H2,1H3,(H,29,31)/b30-23-. The second kappa shape index (κ2) is 12.7. The van der Waals surface area contributed by atoms with Gasteiger partial charge in [-0.05, 0) is 18.2 Å². The maximum Gasteiger partial charge on any atom is 0.354 e. The molecule has 0 saturated carbocycles. The monoisotopic (exact) mass is 510 g/mol. The summed E-state index contributed by atoms with van der Waals surface area (Å²) < 4.78 is 4.96. The highest BCUT2D eigenvalue weighted by Crippen LogP contribution is 2.28. The van der Waals surface area contributed by atoms with Gasteiger partial charge in [-0.15, -0.1) is 0 Å². The Morgan fingerprint density at radius 2 is 1.83 bits per heavy atom. The summed E-state index contributed by atoms with van der Waals surface area (Å²) in [7, 11) is 1.35. The number of nitrogens with one attached hydrogen (secondary N) is 1. The van der Waals surface area contributed by atoms with Crippen LogP contribution in [0.25, 0.3) is 0 Å². The first-order valence-electron chi connectivity index (χ1n) is 12.0. The van der Waals surface area contributed by atoms with Crippen molar-refractivity contribution in [3.63, 3.8) is 0 Å². The summed E-state index contributed by atoms with van der Waals surface area (Å²) in [6.45, 7) is 5.36. The summed E-state index contributed by atoms with van der Waals surface area (Å²) in [6.07, 6.45) is 0.442. The highest BCUT2D eigenvalue weighted by atomic mass is 35.5. The number of nitrogens with zero attached hydrogens (tertiary/aromatic N) is 5. The van der Waals surface area contributed by atoms with Crippen molar-refractivity contribution in [2.24, 2.45) is 15.1 Å². The Hall–Kier alpha value is -3.11. The fourth-order valence-electron chi connectivity index (χ4n) is 4.21. The van der Waals surface area contributed by atoms with Crippen LogP contribution in [0.15, 0.2) is 63.6 Å². The van der Waals surface area contributed by atoms with Gasteiger partial charge in [-0.1, -0.05) is 41.9 Å². The normalized spacial score (nSPS) is 17.0. The minimum Gasteiger partial charge on any atom is -0.464 e. The smallest absolute Gasteiger partial charge is 0.354 e. The van der Waals surface area contributed by atoms with E-state index in [2.05, 4.69) is 20.3 Å². The maximum absolute atomic E-state index is 12.4. The lowest BCUT2D eigenvalue weighted by Crippen LogP contribution is -2.47. The average molecular weight is 511 g/mol. The first-order chi connectivity index (χ1) is 17.6. The number of halogens is 1. The third-order valence-electron chi connectivity index (χ3n) is 6.19. The number of amidine groups is 1. The molecule has 4 rings (SSSR count). The molecule has 2 aliphatic heterocycles. The van der Waals surface area contributed by atoms with Crippen LogP contribution in [-0.2, 0) is 9.53 Å². The van der Waals surface area contributed by atoms with Gasteiger partial charge in [-0.2, -0.15) is 5.10 Å². The first kappa shape index (κ1) is 26.0. The molecule has 0 radical (unpaired) electrons. The zero-order valence-corrected chi connectivity index (χ0v) is 21.1. The third-order valence-corrected chi connectivity index (χ3v) is 6.43.